The molecule has 0 saturated heterocycles. The number of thiazole rings is 1. The zero-order valence-corrected chi connectivity index (χ0v) is 12.2. The first-order valence-corrected chi connectivity index (χ1v) is 7.00. The Hall–Kier alpha value is -1.37. The van der Waals surface area contributed by atoms with E-state index in [2.05, 4.69) is 10.3 Å². The quantitative estimate of drug-likeness (QED) is 0.890. The lowest BCUT2D eigenvalue weighted by Gasteiger charge is -1.99. The minimum atomic E-state index is -0.566. The first-order chi connectivity index (χ1) is 9.62. The number of rotatable bonds is 6. The molecule has 0 amide bonds. The lowest BCUT2D eigenvalue weighted by Crippen LogP contribution is -2.06. The molecule has 0 unspecified atom stereocenters. The summed E-state index contributed by atoms with van der Waals surface area (Å²) in [5.74, 6) is -1.13. The summed E-state index contributed by atoms with van der Waals surface area (Å²) in [6.45, 7) is 1.14. The predicted molar refractivity (Wildman–Crippen MR) is 74.8 cm³/mol. The molecular formula is C14H16F2N2OS. The molecule has 2 aromatic rings. The van der Waals surface area contributed by atoms with Crippen molar-refractivity contribution in [1.82, 2.24) is 10.3 Å². The molecule has 1 heterocycles. The predicted octanol–water partition coefficient (Wildman–Crippen LogP) is 2.88. The SMILES string of the molecule is CNCc1sc(Cc2cc(F)cc(F)c2)nc1COC. The highest BCUT2D eigenvalue weighted by Crippen LogP contribution is 2.22. The van der Waals surface area contributed by atoms with Crippen molar-refractivity contribution in [3.8, 4) is 0 Å². The van der Waals surface area contributed by atoms with Crippen LogP contribution >= 0.6 is 11.3 Å². The molecule has 20 heavy (non-hydrogen) atoms. The Morgan fingerprint density at radius 1 is 1.25 bits per heavy atom. The lowest BCUT2D eigenvalue weighted by atomic mass is 10.1. The Balaban J connectivity index is 2.22. The minimum Gasteiger partial charge on any atom is -0.378 e. The van der Waals surface area contributed by atoms with Crippen LogP contribution in [-0.4, -0.2) is 19.1 Å². The number of methoxy groups -OCH3 is 1. The smallest absolute Gasteiger partial charge is 0.126 e. The van der Waals surface area contributed by atoms with Crippen LogP contribution in [0.2, 0.25) is 0 Å². The average Bonchev–Trinajstić information content (AvgIpc) is 2.71. The van der Waals surface area contributed by atoms with Crippen LogP contribution < -0.4 is 5.32 Å². The Kier molecular flexibility index (Phi) is 5.17. The van der Waals surface area contributed by atoms with Crippen LogP contribution in [0.15, 0.2) is 18.2 Å². The van der Waals surface area contributed by atoms with Gasteiger partial charge in [0.05, 0.1) is 17.3 Å². The van der Waals surface area contributed by atoms with Crippen LogP contribution in [0.5, 0.6) is 0 Å². The van der Waals surface area contributed by atoms with E-state index in [1.807, 2.05) is 7.05 Å². The molecule has 108 valence electrons. The van der Waals surface area contributed by atoms with E-state index in [4.69, 9.17) is 4.74 Å². The highest BCUT2D eigenvalue weighted by atomic mass is 32.1. The molecule has 6 heteroatoms. The van der Waals surface area contributed by atoms with E-state index < -0.39 is 11.6 Å². The molecule has 0 radical (unpaired) electrons. The number of halogens is 2. The van der Waals surface area contributed by atoms with Crippen LogP contribution in [0, 0.1) is 11.6 Å². The van der Waals surface area contributed by atoms with E-state index in [1.54, 1.807) is 7.11 Å². The maximum absolute atomic E-state index is 13.2. The van der Waals surface area contributed by atoms with Gasteiger partial charge in [-0.1, -0.05) is 0 Å². The first-order valence-electron chi connectivity index (χ1n) is 6.18. The average molecular weight is 298 g/mol. The van der Waals surface area contributed by atoms with E-state index in [0.29, 0.717) is 25.1 Å². The Morgan fingerprint density at radius 3 is 2.55 bits per heavy atom. The van der Waals surface area contributed by atoms with Gasteiger partial charge >= 0.3 is 0 Å². The molecule has 0 fully saturated rings. The summed E-state index contributed by atoms with van der Waals surface area (Å²) >= 11 is 1.53. The van der Waals surface area contributed by atoms with Gasteiger partial charge in [-0.05, 0) is 24.7 Å². The highest BCUT2D eigenvalue weighted by Gasteiger charge is 2.12. The molecule has 0 spiro atoms. The van der Waals surface area contributed by atoms with Crippen molar-refractivity contribution < 1.29 is 13.5 Å². The molecule has 1 aromatic carbocycles. The standard InChI is InChI=1S/C14H16F2N2OS/c1-17-7-13-12(8-19-2)18-14(20-13)5-9-3-10(15)6-11(16)4-9/h3-4,6,17H,5,7-8H2,1-2H3. The monoisotopic (exact) mass is 298 g/mol. The number of hydrogen-bond acceptors (Lipinski definition) is 4. The molecule has 0 aliphatic heterocycles. The van der Waals surface area contributed by atoms with E-state index >= 15 is 0 Å². The summed E-state index contributed by atoms with van der Waals surface area (Å²) < 4.78 is 31.5. The Morgan fingerprint density at radius 2 is 1.95 bits per heavy atom. The van der Waals surface area contributed by atoms with Crippen LogP contribution in [0.3, 0.4) is 0 Å². The second kappa shape index (κ2) is 6.88. The van der Waals surface area contributed by atoms with E-state index in [9.17, 15) is 8.78 Å². The number of hydrogen-bond donors (Lipinski definition) is 1. The number of aromatic nitrogens is 1. The zero-order chi connectivity index (χ0) is 14.5. The molecule has 0 saturated carbocycles. The van der Waals surface area contributed by atoms with Crippen LogP contribution in [0.25, 0.3) is 0 Å². The second-order valence-electron chi connectivity index (χ2n) is 4.40. The highest BCUT2D eigenvalue weighted by molar-refractivity contribution is 7.11. The largest absolute Gasteiger partial charge is 0.378 e. The topological polar surface area (TPSA) is 34.2 Å². The zero-order valence-electron chi connectivity index (χ0n) is 11.4. The third-order valence-electron chi connectivity index (χ3n) is 2.72. The van der Waals surface area contributed by atoms with E-state index in [-0.39, 0.29) is 0 Å². The lowest BCUT2D eigenvalue weighted by molar-refractivity contribution is 0.181. The summed E-state index contributed by atoms with van der Waals surface area (Å²) in [7, 11) is 3.47. The number of nitrogens with zero attached hydrogens (tertiary/aromatic N) is 1. The van der Waals surface area contributed by atoms with Gasteiger partial charge < -0.3 is 10.1 Å². The van der Waals surface area contributed by atoms with Gasteiger partial charge in [-0.25, -0.2) is 13.8 Å². The van der Waals surface area contributed by atoms with Gasteiger partial charge in [-0.15, -0.1) is 11.3 Å². The third kappa shape index (κ3) is 3.82. The summed E-state index contributed by atoms with van der Waals surface area (Å²) in [4.78, 5) is 5.57. The van der Waals surface area contributed by atoms with Gasteiger partial charge in [0, 0.05) is 31.0 Å². The van der Waals surface area contributed by atoms with Gasteiger partial charge in [0.25, 0.3) is 0 Å². The summed E-state index contributed by atoms with van der Waals surface area (Å²) in [5.41, 5.74) is 1.45. The fourth-order valence-corrected chi connectivity index (χ4v) is 3.07. The molecule has 0 atom stereocenters. The second-order valence-corrected chi connectivity index (χ2v) is 5.56. The normalized spacial score (nSPS) is 11.0. The molecule has 0 bridgehead atoms. The van der Waals surface area contributed by atoms with Crippen molar-refractivity contribution in [2.75, 3.05) is 14.2 Å². The minimum absolute atomic E-state index is 0.416. The Bertz CT molecular complexity index is 543. The van der Waals surface area contributed by atoms with Crippen molar-refractivity contribution in [2.45, 2.75) is 19.6 Å². The van der Waals surface area contributed by atoms with Gasteiger partial charge in [0.1, 0.15) is 11.6 Å². The summed E-state index contributed by atoms with van der Waals surface area (Å²) in [5, 5.41) is 3.90. The van der Waals surface area contributed by atoms with Crippen molar-refractivity contribution in [1.29, 1.82) is 0 Å². The summed E-state index contributed by atoms with van der Waals surface area (Å²) in [6.07, 6.45) is 0.416. The first kappa shape index (κ1) is 15.0. The number of nitrogens with one attached hydrogen (secondary N) is 1. The van der Waals surface area contributed by atoms with E-state index in [1.165, 1.54) is 23.5 Å². The van der Waals surface area contributed by atoms with Crippen molar-refractivity contribution in [3.63, 3.8) is 0 Å². The molecule has 0 aliphatic carbocycles. The van der Waals surface area contributed by atoms with Crippen LogP contribution in [0.1, 0.15) is 21.1 Å². The fourth-order valence-electron chi connectivity index (χ4n) is 1.95. The maximum Gasteiger partial charge on any atom is 0.126 e. The number of benzene rings is 1. The van der Waals surface area contributed by atoms with Crippen molar-refractivity contribution in [2.24, 2.45) is 0 Å². The summed E-state index contributed by atoms with van der Waals surface area (Å²) in [6, 6.07) is 3.53. The molecule has 2 rings (SSSR count). The van der Waals surface area contributed by atoms with Crippen LogP contribution in [-0.2, 0) is 24.3 Å². The molecule has 3 nitrogen and oxygen atoms in total. The third-order valence-corrected chi connectivity index (χ3v) is 3.82. The molecule has 1 N–H and O–H groups in total. The molecular weight excluding hydrogens is 282 g/mol. The maximum atomic E-state index is 13.2. The van der Waals surface area contributed by atoms with Crippen LogP contribution in [0.4, 0.5) is 8.78 Å². The molecule has 1 aromatic heterocycles. The van der Waals surface area contributed by atoms with Crippen molar-refractivity contribution in [3.05, 3.63) is 51.0 Å². The Labute approximate surface area is 120 Å². The fraction of sp³-hybridized carbons (Fsp3) is 0.357. The van der Waals surface area contributed by atoms with E-state index in [0.717, 1.165) is 21.6 Å². The van der Waals surface area contributed by atoms with Gasteiger partial charge in [0.15, 0.2) is 0 Å². The number of ether oxygens (including phenoxy) is 1. The van der Waals surface area contributed by atoms with Gasteiger partial charge in [-0.2, -0.15) is 0 Å². The molecule has 0 aliphatic rings. The van der Waals surface area contributed by atoms with Gasteiger partial charge in [-0.3, -0.25) is 0 Å². The van der Waals surface area contributed by atoms with Crippen molar-refractivity contribution >= 4 is 11.3 Å². The van der Waals surface area contributed by atoms with Gasteiger partial charge in [0.2, 0.25) is 0 Å².